The number of hydrogen-bond acceptors (Lipinski definition) is 5. The van der Waals surface area contributed by atoms with Crippen LogP contribution in [0.15, 0.2) is 59.6 Å². The van der Waals surface area contributed by atoms with E-state index in [4.69, 9.17) is 4.74 Å². The molecule has 130 valence electrons. The third kappa shape index (κ3) is 3.90. The number of nitrogens with zero attached hydrogens (tertiary/aromatic N) is 3. The van der Waals surface area contributed by atoms with Gasteiger partial charge in [-0.1, -0.05) is 24.3 Å². The van der Waals surface area contributed by atoms with Crippen LogP contribution in [0.1, 0.15) is 19.4 Å². The van der Waals surface area contributed by atoms with Gasteiger partial charge in [-0.05, 0) is 43.5 Å². The number of nitriles is 1. The minimum atomic E-state index is -0.632. The Morgan fingerprint density at radius 2 is 2.04 bits per heavy atom. The topological polar surface area (TPSA) is 67.9 Å². The highest BCUT2D eigenvalue weighted by atomic mass is 32.1. The van der Waals surface area contributed by atoms with Crippen LogP contribution in [0.5, 0.6) is 0 Å². The predicted molar refractivity (Wildman–Crippen MR) is 102 cm³/mol. The average molecular weight is 363 g/mol. The van der Waals surface area contributed by atoms with Crippen LogP contribution in [-0.2, 0) is 9.53 Å². The molecule has 0 radical (unpaired) electrons. The summed E-state index contributed by atoms with van der Waals surface area (Å²) < 4.78 is 6.88. The number of hydrogen-bond donors (Lipinski definition) is 0. The molecule has 0 atom stereocenters. The number of aromatic nitrogens is 2. The highest BCUT2D eigenvalue weighted by Crippen LogP contribution is 2.29. The van der Waals surface area contributed by atoms with Gasteiger partial charge in [-0.2, -0.15) is 10.4 Å². The molecule has 2 heterocycles. The van der Waals surface area contributed by atoms with E-state index >= 15 is 0 Å². The number of benzene rings is 1. The zero-order chi connectivity index (χ0) is 18.5. The Kier molecular flexibility index (Phi) is 5.30. The van der Waals surface area contributed by atoms with E-state index in [1.165, 1.54) is 6.08 Å². The molecule has 0 amide bonds. The smallest absolute Gasteiger partial charge is 0.349 e. The van der Waals surface area contributed by atoms with Crippen LogP contribution in [0.4, 0.5) is 0 Å². The van der Waals surface area contributed by atoms with Crippen LogP contribution in [0.25, 0.3) is 22.3 Å². The van der Waals surface area contributed by atoms with Crippen molar-refractivity contribution in [2.24, 2.45) is 0 Å². The van der Waals surface area contributed by atoms with Crippen molar-refractivity contribution in [2.75, 3.05) is 0 Å². The molecule has 2 aromatic heterocycles. The first-order chi connectivity index (χ1) is 12.6. The lowest BCUT2D eigenvalue weighted by atomic mass is 10.1. The highest BCUT2D eigenvalue weighted by molar-refractivity contribution is 7.13. The van der Waals surface area contributed by atoms with Gasteiger partial charge in [-0.15, -0.1) is 11.3 Å². The molecule has 3 aromatic rings. The van der Waals surface area contributed by atoms with Gasteiger partial charge >= 0.3 is 5.97 Å². The fourth-order valence-electron chi connectivity index (χ4n) is 2.38. The first-order valence-electron chi connectivity index (χ1n) is 8.10. The summed E-state index contributed by atoms with van der Waals surface area (Å²) in [6.07, 6.45) is 3.06. The second kappa shape index (κ2) is 7.81. The molecular weight excluding hydrogens is 346 g/mol. The molecule has 5 nitrogen and oxygen atoms in total. The number of ether oxygens (including phenoxy) is 1. The fraction of sp³-hybridized carbons (Fsp3) is 0.150. The summed E-state index contributed by atoms with van der Waals surface area (Å²) in [7, 11) is 0. The Morgan fingerprint density at radius 3 is 2.65 bits per heavy atom. The van der Waals surface area contributed by atoms with Gasteiger partial charge in [0.15, 0.2) is 0 Å². The van der Waals surface area contributed by atoms with E-state index in [0.717, 1.165) is 10.6 Å². The van der Waals surface area contributed by atoms with E-state index in [-0.39, 0.29) is 11.7 Å². The van der Waals surface area contributed by atoms with Crippen molar-refractivity contribution in [2.45, 2.75) is 20.0 Å². The quantitative estimate of drug-likeness (QED) is 0.381. The first-order valence-corrected chi connectivity index (χ1v) is 8.98. The zero-order valence-electron chi connectivity index (χ0n) is 14.4. The number of carbonyl (C=O) groups is 1. The summed E-state index contributed by atoms with van der Waals surface area (Å²) in [6, 6.07) is 15.5. The molecule has 26 heavy (non-hydrogen) atoms. The van der Waals surface area contributed by atoms with Crippen LogP contribution < -0.4 is 0 Å². The normalized spacial score (nSPS) is 11.4. The van der Waals surface area contributed by atoms with Crippen molar-refractivity contribution in [3.8, 4) is 22.3 Å². The monoisotopic (exact) mass is 363 g/mol. The van der Waals surface area contributed by atoms with Gasteiger partial charge in [0.25, 0.3) is 0 Å². The van der Waals surface area contributed by atoms with Gasteiger partial charge in [0, 0.05) is 11.8 Å². The van der Waals surface area contributed by atoms with Crippen molar-refractivity contribution >= 4 is 23.4 Å². The van der Waals surface area contributed by atoms with Gasteiger partial charge in [-0.25, -0.2) is 9.48 Å². The SMILES string of the molecule is CC(C)OC(=O)/C(C#N)=C/c1cn(-c2ccccc2)nc1-c1cccs1. The standard InChI is InChI=1S/C20H17N3O2S/c1-14(2)25-20(24)15(12-21)11-16-13-23(17-7-4-3-5-8-17)22-19(16)18-9-6-10-26-18/h3-11,13-14H,1-2H3/b15-11+. The van der Waals surface area contributed by atoms with E-state index in [0.29, 0.717) is 11.3 Å². The number of rotatable bonds is 5. The maximum atomic E-state index is 12.1. The van der Waals surface area contributed by atoms with Crippen molar-refractivity contribution in [1.29, 1.82) is 5.26 Å². The van der Waals surface area contributed by atoms with E-state index in [9.17, 15) is 10.1 Å². The first kappa shape index (κ1) is 17.6. The number of esters is 1. The van der Waals surface area contributed by atoms with Crippen LogP contribution in [0.3, 0.4) is 0 Å². The molecule has 0 aliphatic rings. The van der Waals surface area contributed by atoms with Crippen LogP contribution >= 0.6 is 11.3 Å². The summed E-state index contributed by atoms with van der Waals surface area (Å²) in [5.74, 6) is -0.632. The van der Waals surface area contributed by atoms with Crippen molar-refractivity contribution < 1.29 is 9.53 Å². The lowest BCUT2D eigenvalue weighted by Gasteiger charge is -2.06. The Labute approximate surface area is 155 Å². The molecule has 1 aromatic carbocycles. The minimum Gasteiger partial charge on any atom is -0.459 e. The minimum absolute atomic E-state index is 0.0517. The molecule has 0 saturated carbocycles. The third-order valence-corrected chi connectivity index (χ3v) is 4.38. The maximum absolute atomic E-state index is 12.1. The van der Waals surface area contributed by atoms with E-state index in [2.05, 4.69) is 5.10 Å². The second-order valence-electron chi connectivity index (χ2n) is 5.81. The molecular formula is C20H17N3O2S. The van der Waals surface area contributed by atoms with Crippen molar-refractivity contribution in [3.05, 3.63) is 65.2 Å². The van der Waals surface area contributed by atoms with Gasteiger partial charge in [0.1, 0.15) is 17.3 Å². The van der Waals surface area contributed by atoms with Crippen molar-refractivity contribution in [1.82, 2.24) is 9.78 Å². The molecule has 3 rings (SSSR count). The van der Waals surface area contributed by atoms with Gasteiger partial charge in [-0.3, -0.25) is 0 Å². The molecule has 0 spiro atoms. The lowest BCUT2D eigenvalue weighted by Crippen LogP contribution is -2.12. The summed E-state index contributed by atoms with van der Waals surface area (Å²) in [6.45, 7) is 3.49. The molecule has 6 heteroatoms. The Bertz CT molecular complexity index is 964. The number of thiophene rings is 1. The fourth-order valence-corrected chi connectivity index (χ4v) is 3.11. The predicted octanol–water partition coefficient (Wildman–Crippen LogP) is 4.46. The lowest BCUT2D eigenvalue weighted by molar-refractivity contribution is -0.142. The average Bonchev–Trinajstić information content (AvgIpc) is 3.29. The molecule has 0 saturated heterocycles. The molecule has 0 aliphatic heterocycles. The zero-order valence-corrected chi connectivity index (χ0v) is 15.2. The summed E-state index contributed by atoms with van der Waals surface area (Å²) >= 11 is 1.55. The van der Waals surface area contributed by atoms with Crippen LogP contribution in [0.2, 0.25) is 0 Å². The molecule has 0 unspecified atom stereocenters. The third-order valence-electron chi connectivity index (χ3n) is 3.50. The maximum Gasteiger partial charge on any atom is 0.349 e. The van der Waals surface area contributed by atoms with E-state index in [1.54, 1.807) is 29.9 Å². The van der Waals surface area contributed by atoms with E-state index in [1.807, 2.05) is 60.1 Å². The molecule has 0 fully saturated rings. The summed E-state index contributed by atoms with van der Waals surface area (Å²) in [4.78, 5) is 13.1. The Balaban J connectivity index is 2.08. The van der Waals surface area contributed by atoms with Gasteiger partial charge < -0.3 is 4.74 Å². The number of para-hydroxylation sites is 1. The van der Waals surface area contributed by atoms with Gasteiger partial charge in [0.2, 0.25) is 0 Å². The Hall–Kier alpha value is -3.17. The van der Waals surface area contributed by atoms with E-state index < -0.39 is 5.97 Å². The van der Waals surface area contributed by atoms with Crippen LogP contribution in [-0.4, -0.2) is 21.9 Å². The highest BCUT2D eigenvalue weighted by Gasteiger charge is 2.17. The second-order valence-corrected chi connectivity index (χ2v) is 6.76. The van der Waals surface area contributed by atoms with Crippen LogP contribution in [0, 0.1) is 11.3 Å². The number of carbonyl (C=O) groups excluding carboxylic acids is 1. The molecule has 0 N–H and O–H groups in total. The summed E-state index contributed by atoms with van der Waals surface area (Å²) in [5, 5.41) is 16.0. The van der Waals surface area contributed by atoms with Crippen molar-refractivity contribution in [3.63, 3.8) is 0 Å². The molecule has 0 aliphatic carbocycles. The summed E-state index contributed by atoms with van der Waals surface area (Å²) in [5.41, 5.74) is 2.25. The molecule has 0 bridgehead atoms. The Morgan fingerprint density at radius 1 is 1.27 bits per heavy atom. The van der Waals surface area contributed by atoms with Gasteiger partial charge in [0.05, 0.1) is 16.7 Å². The largest absolute Gasteiger partial charge is 0.459 e.